The van der Waals surface area contributed by atoms with Gasteiger partial charge in [-0.2, -0.15) is 0 Å². The Morgan fingerprint density at radius 1 is 1.24 bits per heavy atom. The van der Waals surface area contributed by atoms with E-state index in [4.69, 9.17) is 0 Å². The van der Waals surface area contributed by atoms with Crippen LogP contribution in [0.5, 0.6) is 0 Å². The van der Waals surface area contributed by atoms with Gasteiger partial charge < -0.3 is 5.32 Å². The molecule has 0 bridgehead atoms. The number of amides is 3. The molecule has 0 saturated heterocycles. The van der Waals surface area contributed by atoms with Gasteiger partial charge in [0.1, 0.15) is 5.78 Å². The van der Waals surface area contributed by atoms with Gasteiger partial charge in [0.25, 0.3) is 11.8 Å². The van der Waals surface area contributed by atoms with Crippen LogP contribution in [0.4, 0.5) is 0 Å². The van der Waals surface area contributed by atoms with E-state index >= 15 is 0 Å². The number of Topliss-reactive ketones (excluding diaryl/α,β-unsaturated/α-hetero) is 1. The third-order valence-corrected chi connectivity index (χ3v) is 3.50. The van der Waals surface area contributed by atoms with E-state index in [0.717, 1.165) is 17.7 Å². The number of nitrogens with one attached hydrogen (secondary N) is 1. The molecule has 3 amide bonds. The molecule has 1 N–H and O–H groups in total. The van der Waals surface area contributed by atoms with Gasteiger partial charge in [0.15, 0.2) is 0 Å². The predicted octanol–water partition coefficient (Wildman–Crippen LogP) is 0.813. The second-order valence-corrected chi connectivity index (χ2v) is 5.12. The molecule has 116 valence electrons. The Labute approximate surface area is 124 Å². The molecule has 1 atom stereocenters. The van der Waals surface area contributed by atoms with Crippen molar-refractivity contribution in [1.29, 1.82) is 0 Å². The van der Waals surface area contributed by atoms with Crippen LogP contribution in [-0.2, 0) is 19.2 Å². The van der Waals surface area contributed by atoms with Crippen LogP contribution in [0.2, 0.25) is 0 Å². The van der Waals surface area contributed by atoms with Crippen molar-refractivity contribution in [2.75, 3.05) is 13.1 Å². The van der Waals surface area contributed by atoms with Crippen molar-refractivity contribution in [3.8, 4) is 0 Å². The topological polar surface area (TPSA) is 83.6 Å². The fourth-order valence-corrected chi connectivity index (χ4v) is 2.10. The van der Waals surface area contributed by atoms with E-state index in [2.05, 4.69) is 5.32 Å². The van der Waals surface area contributed by atoms with Crippen LogP contribution in [0.1, 0.15) is 39.5 Å². The average Bonchev–Trinajstić information content (AvgIpc) is 2.79. The van der Waals surface area contributed by atoms with Gasteiger partial charge in [-0.05, 0) is 12.8 Å². The fourth-order valence-electron chi connectivity index (χ4n) is 2.10. The number of hydrogen-bond acceptors (Lipinski definition) is 4. The van der Waals surface area contributed by atoms with Crippen LogP contribution >= 0.6 is 0 Å². The zero-order valence-electron chi connectivity index (χ0n) is 12.6. The van der Waals surface area contributed by atoms with Gasteiger partial charge in [0.2, 0.25) is 5.91 Å². The van der Waals surface area contributed by atoms with Crippen molar-refractivity contribution in [1.82, 2.24) is 10.2 Å². The second-order valence-electron chi connectivity index (χ2n) is 5.12. The van der Waals surface area contributed by atoms with Crippen LogP contribution in [0.3, 0.4) is 0 Å². The molecule has 21 heavy (non-hydrogen) atoms. The van der Waals surface area contributed by atoms with Gasteiger partial charge in [0, 0.05) is 44.0 Å². The molecule has 1 aliphatic heterocycles. The normalized spacial score (nSPS) is 15.4. The number of carbonyl (C=O) groups excluding carboxylic acids is 4. The van der Waals surface area contributed by atoms with Gasteiger partial charge in [-0.3, -0.25) is 24.1 Å². The van der Waals surface area contributed by atoms with E-state index in [1.54, 1.807) is 0 Å². The van der Waals surface area contributed by atoms with E-state index < -0.39 is 0 Å². The van der Waals surface area contributed by atoms with Crippen molar-refractivity contribution in [3.63, 3.8) is 0 Å². The summed E-state index contributed by atoms with van der Waals surface area (Å²) < 4.78 is 0. The number of nitrogens with zero attached hydrogens (tertiary/aromatic N) is 1. The summed E-state index contributed by atoms with van der Waals surface area (Å²) >= 11 is 0. The first kappa shape index (κ1) is 17.1. The average molecular weight is 294 g/mol. The molecule has 1 aliphatic rings. The molecular formula is C15H22N2O4. The molecule has 0 aromatic rings. The minimum absolute atomic E-state index is 0.0258. The van der Waals surface area contributed by atoms with E-state index in [0.29, 0.717) is 13.0 Å². The van der Waals surface area contributed by atoms with Gasteiger partial charge in [0.05, 0.1) is 0 Å². The molecule has 6 heteroatoms. The van der Waals surface area contributed by atoms with Crippen molar-refractivity contribution in [3.05, 3.63) is 12.2 Å². The first-order valence-electron chi connectivity index (χ1n) is 7.28. The van der Waals surface area contributed by atoms with Crippen molar-refractivity contribution in [2.24, 2.45) is 5.92 Å². The van der Waals surface area contributed by atoms with Crippen LogP contribution in [0.15, 0.2) is 12.2 Å². The number of carbonyl (C=O) groups is 4. The molecule has 1 rings (SSSR count). The molecule has 0 aromatic carbocycles. The first-order chi connectivity index (χ1) is 9.95. The highest BCUT2D eigenvalue weighted by Gasteiger charge is 2.23. The Balaban J connectivity index is 2.13. The summed E-state index contributed by atoms with van der Waals surface area (Å²) in [5, 5.41) is 2.73. The number of hydrogen-bond donors (Lipinski definition) is 1. The van der Waals surface area contributed by atoms with E-state index in [9.17, 15) is 19.2 Å². The Bertz CT molecular complexity index is 439. The molecule has 6 nitrogen and oxygen atoms in total. The standard InChI is InChI=1S/C15H22N2O4/c1-3-12(18)11(2)5-4-9-16-13(19)8-10-17-14(20)6-7-15(17)21/h6-7,11H,3-5,8-10H2,1-2H3,(H,16,19). The molecule has 0 fully saturated rings. The zero-order valence-corrected chi connectivity index (χ0v) is 12.6. The monoisotopic (exact) mass is 294 g/mol. The highest BCUT2D eigenvalue weighted by Crippen LogP contribution is 2.08. The van der Waals surface area contributed by atoms with Gasteiger partial charge in [-0.1, -0.05) is 13.8 Å². The molecule has 1 unspecified atom stereocenters. The lowest BCUT2D eigenvalue weighted by molar-refractivity contribution is -0.137. The number of rotatable bonds is 9. The molecule has 0 spiro atoms. The maximum Gasteiger partial charge on any atom is 0.253 e. The van der Waals surface area contributed by atoms with Crippen LogP contribution in [0.25, 0.3) is 0 Å². The van der Waals surface area contributed by atoms with Gasteiger partial charge in [-0.25, -0.2) is 0 Å². The van der Waals surface area contributed by atoms with Crippen molar-refractivity contribution in [2.45, 2.75) is 39.5 Å². The molecule has 0 aliphatic carbocycles. The Morgan fingerprint density at radius 3 is 2.43 bits per heavy atom. The van der Waals surface area contributed by atoms with Gasteiger partial charge >= 0.3 is 0 Å². The quantitative estimate of drug-likeness (QED) is 0.504. The summed E-state index contributed by atoms with van der Waals surface area (Å²) in [6, 6.07) is 0. The minimum atomic E-state index is -0.375. The molecule has 0 saturated carbocycles. The summed E-state index contributed by atoms with van der Waals surface area (Å²) in [6.07, 6.45) is 4.53. The Morgan fingerprint density at radius 2 is 1.86 bits per heavy atom. The molecule has 1 heterocycles. The van der Waals surface area contributed by atoms with E-state index in [1.807, 2.05) is 13.8 Å². The molecule has 0 aromatic heterocycles. The maximum absolute atomic E-state index is 11.6. The number of imide groups is 1. The lowest BCUT2D eigenvalue weighted by Crippen LogP contribution is -2.35. The SMILES string of the molecule is CCC(=O)C(C)CCCNC(=O)CCN1C(=O)C=CC1=O. The van der Waals surface area contributed by atoms with Crippen molar-refractivity contribution >= 4 is 23.5 Å². The molecule has 0 radical (unpaired) electrons. The van der Waals surface area contributed by atoms with Crippen LogP contribution < -0.4 is 5.32 Å². The van der Waals surface area contributed by atoms with Crippen LogP contribution in [-0.4, -0.2) is 41.5 Å². The van der Waals surface area contributed by atoms with Crippen LogP contribution in [0, 0.1) is 5.92 Å². The van der Waals surface area contributed by atoms with E-state index in [1.165, 1.54) is 12.2 Å². The maximum atomic E-state index is 11.6. The molecular weight excluding hydrogens is 272 g/mol. The summed E-state index contributed by atoms with van der Waals surface area (Å²) in [4.78, 5) is 46.6. The third-order valence-electron chi connectivity index (χ3n) is 3.50. The summed E-state index contributed by atoms with van der Waals surface area (Å²) in [5.74, 6) is -0.686. The highest BCUT2D eigenvalue weighted by molar-refractivity contribution is 6.13. The highest BCUT2D eigenvalue weighted by atomic mass is 16.2. The van der Waals surface area contributed by atoms with Gasteiger partial charge in [-0.15, -0.1) is 0 Å². The minimum Gasteiger partial charge on any atom is -0.356 e. The Hall–Kier alpha value is -1.98. The predicted molar refractivity (Wildman–Crippen MR) is 77.2 cm³/mol. The zero-order chi connectivity index (χ0) is 15.8. The largest absolute Gasteiger partial charge is 0.356 e. The lowest BCUT2D eigenvalue weighted by atomic mass is 9.99. The number of ketones is 1. The second kappa shape index (κ2) is 8.34. The summed E-state index contributed by atoms with van der Waals surface area (Å²) in [6.45, 7) is 4.34. The van der Waals surface area contributed by atoms with Crippen molar-refractivity contribution < 1.29 is 19.2 Å². The summed E-state index contributed by atoms with van der Waals surface area (Å²) in [7, 11) is 0. The Kier molecular flexibility index (Phi) is 6.78. The first-order valence-corrected chi connectivity index (χ1v) is 7.28. The fraction of sp³-hybridized carbons (Fsp3) is 0.600. The summed E-state index contributed by atoms with van der Waals surface area (Å²) in [5.41, 5.74) is 0. The lowest BCUT2D eigenvalue weighted by Gasteiger charge is -2.13. The smallest absolute Gasteiger partial charge is 0.253 e. The van der Waals surface area contributed by atoms with E-state index in [-0.39, 0.29) is 42.4 Å². The third kappa shape index (κ3) is 5.49.